The summed E-state index contributed by atoms with van der Waals surface area (Å²) in [5.41, 5.74) is 15.0. The Kier molecular flexibility index (Phi) is 8.15. The monoisotopic (exact) mass is 787 g/mol. The van der Waals surface area contributed by atoms with Crippen LogP contribution in [0.15, 0.2) is 182 Å². The third-order valence-electron chi connectivity index (χ3n) is 13.8. The number of allylic oxidation sites excluding steroid dienone is 2. The van der Waals surface area contributed by atoms with Gasteiger partial charge in [-0.05, 0) is 100 Å². The topological polar surface area (TPSA) is 47.9 Å². The molecule has 7 aromatic carbocycles. The summed E-state index contributed by atoms with van der Waals surface area (Å²) in [5, 5.41) is 0. The van der Waals surface area contributed by atoms with Crippen LogP contribution in [0.5, 0.6) is 11.5 Å². The van der Waals surface area contributed by atoms with E-state index in [0.29, 0.717) is 17.7 Å². The molecule has 1 aliphatic heterocycles. The molecule has 4 nitrogen and oxygen atoms in total. The van der Waals surface area contributed by atoms with Gasteiger partial charge in [-0.1, -0.05) is 177 Å². The zero-order chi connectivity index (χ0) is 40.7. The Labute approximate surface area is 357 Å². The Morgan fingerprint density at radius 1 is 0.475 bits per heavy atom. The Morgan fingerprint density at radius 3 is 1.79 bits per heavy atom. The molecule has 3 atom stereocenters. The Balaban J connectivity index is 0.948. The molecule has 13 rings (SSSR count). The summed E-state index contributed by atoms with van der Waals surface area (Å²) < 4.78 is 6.83. The predicted molar refractivity (Wildman–Crippen MR) is 246 cm³/mol. The van der Waals surface area contributed by atoms with Gasteiger partial charge in [-0.2, -0.15) is 0 Å². The van der Waals surface area contributed by atoms with E-state index in [1.54, 1.807) is 5.57 Å². The summed E-state index contributed by atoms with van der Waals surface area (Å²) in [6, 6.07) is 61.0. The van der Waals surface area contributed by atoms with Gasteiger partial charge in [0.05, 0.1) is 5.41 Å². The average molecular weight is 788 g/mol. The van der Waals surface area contributed by atoms with Gasteiger partial charge in [0.1, 0.15) is 17.3 Å². The zero-order valence-electron chi connectivity index (χ0n) is 34.5. The maximum Gasteiger partial charge on any atom is 0.163 e. The summed E-state index contributed by atoms with van der Waals surface area (Å²) in [5.74, 6) is 5.25. The molecule has 0 N–H and O–H groups in total. The molecular formula is C57H45N3O. The number of ether oxygens (including phenoxy) is 1. The molecule has 0 amide bonds. The molecule has 1 fully saturated rings. The van der Waals surface area contributed by atoms with Crippen LogP contribution in [0, 0.1) is 11.8 Å². The fourth-order valence-corrected chi connectivity index (χ4v) is 11.3. The fraction of sp³-hybridized carbons (Fsp3) is 0.175. The molecule has 1 spiro atoms. The van der Waals surface area contributed by atoms with E-state index in [0.717, 1.165) is 69.4 Å². The van der Waals surface area contributed by atoms with Crippen LogP contribution in [0.3, 0.4) is 0 Å². The minimum absolute atomic E-state index is 0.171. The molecule has 8 aromatic rings. The van der Waals surface area contributed by atoms with Crippen molar-refractivity contribution in [2.45, 2.75) is 50.4 Å². The van der Waals surface area contributed by atoms with Crippen LogP contribution < -0.4 is 4.74 Å². The van der Waals surface area contributed by atoms with Crippen molar-refractivity contribution in [3.63, 3.8) is 0 Å². The van der Waals surface area contributed by atoms with Crippen molar-refractivity contribution in [1.82, 2.24) is 15.0 Å². The van der Waals surface area contributed by atoms with Gasteiger partial charge in [-0.25, -0.2) is 15.0 Å². The number of fused-ring (bicyclic) bond motifs is 13. The molecule has 2 unspecified atom stereocenters. The van der Waals surface area contributed by atoms with E-state index in [1.807, 2.05) is 0 Å². The highest BCUT2D eigenvalue weighted by Gasteiger charge is 2.51. The Hall–Kier alpha value is -6.91. The maximum absolute atomic E-state index is 6.83. The third-order valence-corrected chi connectivity index (χ3v) is 13.8. The second-order valence-electron chi connectivity index (χ2n) is 18.0. The van der Waals surface area contributed by atoms with Crippen LogP contribution in [-0.2, 0) is 10.8 Å². The molecule has 1 saturated carbocycles. The largest absolute Gasteiger partial charge is 0.457 e. The molecule has 4 heteroatoms. The predicted octanol–water partition coefficient (Wildman–Crippen LogP) is 14.0. The lowest BCUT2D eigenvalue weighted by molar-refractivity contribution is 0.247. The van der Waals surface area contributed by atoms with Gasteiger partial charge < -0.3 is 4.74 Å². The van der Waals surface area contributed by atoms with E-state index in [2.05, 4.69) is 190 Å². The lowest BCUT2D eigenvalue weighted by Gasteiger charge is -2.41. The van der Waals surface area contributed by atoms with Crippen LogP contribution >= 0.6 is 0 Å². The highest BCUT2D eigenvalue weighted by atomic mass is 16.5. The highest BCUT2D eigenvalue weighted by Crippen LogP contribution is 2.62. The van der Waals surface area contributed by atoms with Gasteiger partial charge in [0, 0.05) is 27.7 Å². The van der Waals surface area contributed by atoms with Crippen molar-refractivity contribution in [2.24, 2.45) is 11.8 Å². The minimum atomic E-state index is -0.476. The molecule has 0 saturated heterocycles. The Morgan fingerprint density at radius 2 is 1.03 bits per heavy atom. The molecule has 2 heterocycles. The standard InChI is InChI=1S/C57H45N3O/c1-36-29-37-30-38(31-37)35-56(2,34-36)55-59-53(58-54(60-55)44-16-12-15-42(32-44)39-13-4-3-5-14-39)41-25-23-40(24-26-41)43-27-28-50-52(33-43)61-51-22-11-10-21-49(51)57(50)47-19-8-6-17-45(47)46-18-7-9-20-48(46)57/h3-28,30,32-33,36,38H,29,31,34-35H2,1-2H3/t36-,38?,56?/m0/s1. The molecule has 4 aliphatic carbocycles. The number of hydrogen-bond donors (Lipinski definition) is 0. The van der Waals surface area contributed by atoms with Gasteiger partial charge >= 0.3 is 0 Å². The molecule has 1 aromatic heterocycles. The molecule has 294 valence electrons. The quantitative estimate of drug-likeness (QED) is 0.163. The first-order valence-corrected chi connectivity index (χ1v) is 21.8. The molecule has 5 aliphatic rings. The number of rotatable bonds is 5. The van der Waals surface area contributed by atoms with Crippen LogP contribution in [0.2, 0.25) is 0 Å². The Bertz CT molecular complexity index is 3010. The fourth-order valence-electron chi connectivity index (χ4n) is 11.3. The molecule has 0 radical (unpaired) electrons. The number of para-hydroxylation sites is 1. The number of hydrogen-bond acceptors (Lipinski definition) is 4. The lowest BCUT2D eigenvalue weighted by Crippen LogP contribution is -2.35. The van der Waals surface area contributed by atoms with E-state index in [1.165, 1.54) is 46.2 Å². The van der Waals surface area contributed by atoms with Crippen molar-refractivity contribution in [3.8, 4) is 67.7 Å². The van der Waals surface area contributed by atoms with Crippen LogP contribution in [0.25, 0.3) is 56.2 Å². The minimum Gasteiger partial charge on any atom is -0.457 e. The number of nitrogens with zero attached hydrogens (tertiary/aromatic N) is 3. The van der Waals surface area contributed by atoms with E-state index in [4.69, 9.17) is 19.7 Å². The first-order chi connectivity index (χ1) is 29.9. The maximum atomic E-state index is 6.83. The van der Waals surface area contributed by atoms with Crippen LogP contribution in [0.1, 0.15) is 67.6 Å². The SMILES string of the molecule is C[C@H]1CC2=CC(C2)CC(C)(c2nc(-c3ccc(-c4ccc5c(c4)Oc4ccccc4C54c5ccccc5-c5ccccc54)cc3)nc(-c3cccc(-c4ccccc4)c3)n2)C1. The normalized spacial score (nSPS) is 20.1. The van der Waals surface area contributed by atoms with Crippen molar-refractivity contribution in [1.29, 1.82) is 0 Å². The molecular weight excluding hydrogens is 743 g/mol. The smallest absolute Gasteiger partial charge is 0.163 e. The second-order valence-corrected chi connectivity index (χ2v) is 18.0. The van der Waals surface area contributed by atoms with Gasteiger partial charge in [-0.15, -0.1) is 0 Å². The van der Waals surface area contributed by atoms with Gasteiger partial charge in [0.25, 0.3) is 0 Å². The molecule has 61 heavy (non-hydrogen) atoms. The average Bonchev–Trinajstić information content (AvgIpc) is 3.58. The lowest BCUT2D eigenvalue weighted by atomic mass is 9.64. The van der Waals surface area contributed by atoms with E-state index < -0.39 is 5.41 Å². The third kappa shape index (κ3) is 5.76. The van der Waals surface area contributed by atoms with Gasteiger partial charge in [0.15, 0.2) is 11.6 Å². The van der Waals surface area contributed by atoms with Crippen LogP contribution in [0.4, 0.5) is 0 Å². The van der Waals surface area contributed by atoms with Crippen molar-refractivity contribution in [3.05, 3.63) is 210 Å². The summed E-state index contributed by atoms with van der Waals surface area (Å²) >= 11 is 0. The van der Waals surface area contributed by atoms with Crippen molar-refractivity contribution >= 4 is 0 Å². The summed E-state index contributed by atoms with van der Waals surface area (Å²) in [6.07, 6.45) is 6.98. The van der Waals surface area contributed by atoms with E-state index in [9.17, 15) is 0 Å². The second kappa shape index (κ2) is 13.8. The van der Waals surface area contributed by atoms with E-state index >= 15 is 0 Å². The highest BCUT2D eigenvalue weighted by molar-refractivity contribution is 5.89. The number of aromatic nitrogens is 3. The number of benzene rings is 7. The van der Waals surface area contributed by atoms with Gasteiger partial charge in [-0.3, -0.25) is 0 Å². The van der Waals surface area contributed by atoms with Crippen molar-refractivity contribution < 1.29 is 4.74 Å². The van der Waals surface area contributed by atoms with E-state index in [-0.39, 0.29) is 5.41 Å². The van der Waals surface area contributed by atoms with Gasteiger partial charge in [0.2, 0.25) is 0 Å². The van der Waals surface area contributed by atoms with Crippen LogP contribution in [-0.4, -0.2) is 15.0 Å². The summed E-state index contributed by atoms with van der Waals surface area (Å²) in [7, 11) is 0. The first-order valence-electron chi connectivity index (χ1n) is 21.8. The summed E-state index contributed by atoms with van der Waals surface area (Å²) in [6.45, 7) is 4.77. The first kappa shape index (κ1) is 36.0. The zero-order valence-corrected chi connectivity index (χ0v) is 34.5. The van der Waals surface area contributed by atoms with Crippen molar-refractivity contribution in [2.75, 3.05) is 0 Å². The summed E-state index contributed by atoms with van der Waals surface area (Å²) in [4.78, 5) is 15.9. The molecule has 2 bridgehead atoms.